The quantitative estimate of drug-likeness (QED) is 0.581. The Morgan fingerprint density at radius 3 is 2.65 bits per heavy atom. The molecule has 6 nitrogen and oxygen atoms in total. The van der Waals surface area contributed by atoms with Crippen LogP contribution in [0.3, 0.4) is 0 Å². The van der Waals surface area contributed by atoms with Gasteiger partial charge in [0.1, 0.15) is 11.6 Å². The van der Waals surface area contributed by atoms with Crippen molar-refractivity contribution in [2.24, 2.45) is 5.92 Å². The van der Waals surface area contributed by atoms with Crippen LogP contribution in [-0.2, 0) is 6.42 Å². The number of rotatable bonds is 5. The van der Waals surface area contributed by atoms with Gasteiger partial charge in [-0.05, 0) is 43.4 Å². The molecule has 1 aliphatic heterocycles. The Morgan fingerprint density at radius 2 is 1.90 bits per heavy atom. The van der Waals surface area contributed by atoms with Gasteiger partial charge in [-0.15, -0.1) is 0 Å². The second-order valence-electron chi connectivity index (χ2n) is 7.78. The Balaban J connectivity index is 1.62. The van der Waals surface area contributed by atoms with Crippen LogP contribution in [0.5, 0.6) is 0 Å². The number of halogens is 2. The van der Waals surface area contributed by atoms with E-state index in [9.17, 15) is 9.18 Å². The lowest BCUT2D eigenvalue weighted by Gasteiger charge is -2.40. The summed E-state index contributed by atoms with van der Waals surface area (Å²) in [6.45, 7) is 2.78. The molecule has 31 heavy (non-hydrogen) atoms. The molecule has 1 amide bonds. The zero-order valence-corrected chi connectivity index (χ0v) is 18.0. The van der Waals surface area contributed by atoms with Gasteiger partial charge in [0, 0.05) is 43.8 Å². The maximum Gasteiger partial charge on any atom is 0.254 e. The van der Waals surface area contributed by atoms with Crippen molar-refractivity contribution >= 4 is 17.5 Å². The van der Waals surface area contributed by atoms with Crippen LogP contribution in [0.25, 0.3) is 11.4 Å². The highest BCUT2D eigenvalue weighted by molar-refractivity contribution is 6.30. The molecule has 3 heterocycles. The minimum absolute atomic E-state index is 0.00772. The second kappa shape index (κ2) is 9.47. The van der Waals surface area contributed by atoms with Crippen LogP contribution in [0, 0.1) is 11.7 Å². The third-order valence-electron chi connectivity index (χ3n) is 5.75. The van der Waals surface area contributed by atoms with E-state index in [0.717, 1.165) is 19.3 Å². The predicted molar refractivity (Wildman–Crippen MR) is 116 cm³/mol. The van der Waals surface area contributed by atoms with Gasteiger partial charge in [0.15, 0.2) is 5.82 Å². The van der Waals surface area contributed by atoms with E-state index < -0.39 is 5.82 Å². The standard InChI is InChI=1S/C23H23ClFN5O/c1-15-5-3-12-30(19(15)8-9-20-28-13-16(24)14-29-20)23(31)17-6-2-7-18(25)21(17)22-26-10-4-11-27-22/h2,4,6-7,10-11,13-15,19H,3,5,8-9,12H2,1H3/t15-,19-/m1/s1. The van der Waals surface area contributed by atoms with Gasteiger partial charge in [-0.3, -0.25) is 4.79 Å². The zero-order chi connectivity index (χ0) is 21.8. The number of hydrogen-bond donors (Lipinski definition) is 0. The van der Waals surface area contributed by atoms with Crippen LogP contribution in [-0.4, -0.2) is 43.3 Å². The minimum Gasteiger partial charge on any atom is -0.335 e. The molecule has 1 fully saturated rings. The third-order valence-corrected chi connectivity index (χ3v) is 5.94. The molecule has 0 saturated carbocycles. The van der Waals surface area contributed by atoms with E-state index >= 15 is 0 Å². The summed E-state index contributed by atoms with van der Waals surface area (Å²) in [5, 5.41) is 0.494. The summed E-state index contributed by atoms with van der Waals surface area (Å²) in [7, 11) is 0. The van der Waals surface area contributed by atoms with Crippen LogP contribution in [0.1, 0.15) is 42.4 Å². The van der Waals surface area contributed by atoms with E-state index in [-0.39, 0.29) is 28.9 Å². The first-order valence-electron chi connectivity index (χ1n) is 10.4. The van der Waals surface area contributed by atoms with Gasteiger partial charge in [0.2, 0.25) is 0 Å². The van der Waals surface area contributed by atoms with E-state index in [4.69, 9.17) is 11.6 Å². The highest BCUT2D eigenvalue weighted by Crippen LogP contribution is 2.31. The van der Waals surface area contributed by atoms with Gasteiger partial charge in [-0.25, -0.2) is 24.3 Å². The zero-order valence-electron chi connectivity index (χ0n) is 17.2. The number of aryl methyl sites for hydroxylation is 1. The summed E-state index contributed by atoms with van der Waals surface area (Å²) in [6.07, 6.45) is 9.55. The molecular formula is C23H23ClFN5O. The lowest BCUT2D eigenvalue weighted by atomic mass is 9.87. The average molecular weight is 440 g/mol. The minimum atomic E-state index is -0.506. The van der Waals surface area contributed by atoms with Gasteiger partial charge in [-0.1, -0.05) is 24.6 Å². The molecule has 2 atom stereocenters. The average Bonchev–Trinajstić information content (AvgIpc) is 2.79. The lowest BCUT2D eigenvalue weighted by Crippen LogP contribution is -2.48. The van der Waals surface area contributed by atoms with Crippen molar-refractivity contribution in [2.45, 2.75) is 38.6 Å². The maximum absolute atomic E-state index is 14.8. The molecule has 0 spiro atoms. The fourth-order valence-corrected chi connectivity index (χ4v) is 4.30. The number of amides is 1. The molecule has 3 aromatic rings. The fraction of sp³-hybridized carbons (Fsp3) is 0.348. The van der Waals surface area contributed by atoms with Crippen LogP contribution in [0.2, 0.25) is 5.02 Å². The Morgan fingerprint density at radius 1 is 1.16 bits per heavy atom. The molecule has 4 rings (SSSR count). The molecule has 1 saturated heterocycles. The molecule has 0 N–H and O–H groups in total. The first-order valence-corrected chi connectivity index (χ1v) is 10.8. The van der Waals surface area contributed by atoms with Crippen LogP contribution in [0.15, 0.2) is 49.1 Å². The van der Waals surface area contributed by atoms with E-state index in [1.54, 1.807) is 43.0 Å². The first kappa shape index (κ1) is 21.3. The smallest absolute Gasteiger partial charge is 0.254 e. The summed E-state index contributed by atoms with van der Waals surface area (Å²) in [4.78, 5) is 32.3. The fourth-order valence-electron chi connectivity index (χ4n) is 4.20. The van der Waals surface area contributed by atoms with Gasteiger partial charge >= 0.3 is 0 Å². The van der Waals surface area contributed by atoms with Crippen molar-refractivity contribution in [3.8, 4) is 11.4 Å². The summed E-state index contributed by atoms with van der Waals surface area (Å²) >= 11 is 5.88. The summed E-state index contributed by atoms with van der Waals surface area (Å²) in [6, 6.07) is 6.20. The van der Waals surface area contributed by atoms with E-state index in [1.807, 2.05) is 4.90 Å². The molecule has 2 aromatic heterocycles. The Labute approximate surface area is 185 Å². The van der Waals surface area contributed by atoms with Crippen LogP contribution < -0.4 is 0 Å². The first-order chi connectivity index (χ1) is 15.0. The molecule has 0 aliphatic carbocycles. The Bertz CT molecular complexity index is 1050. The topological polar surface area (TPSA) is 71.9 Å². The van der Waals surface area contributed by atoms with Crippen molar-refractivity contribution in [3.63, 3.8) is 0 Å². The lowest BCUT2D eigenvalue weighted by molar-refractivity contribution is 0.0499. The van der Waals surface area contributed by atoms with Crippen molar-refractivity contribution in [2.75, 3.05) is 6.54 Å². The predicted octanol–water partition coefficient (Wildman–Crippen LogP) is 4.60. The van der Waals surface area contributed by atoms with Crippen LogP contribution >= 0.6 is 11.6 Å². The number of carbonyl (C=O) groups excluding carboxylic acids is 1. The number of hydrogen-bond acceptors (Lipinski definition) is 5. The highest BCUT2D eigenvalue weighted by atomic mass is 35.5. The van der Waals surface area contributed by atoms with Crippen LogP contribution in [0.4, 0.5) is 4.39 Å². The largest absolute Gasteiger partial charge is 0.335 e. The van der Waals surface area contributed by atoms with E-state index in [2.05, 4.69) is 26.9 Å². The number of benzene rings is 1. The molecule has 0 unspecified atom stereocenters. The van der Waals surface area contributed by atoms with Gasteiger partial charge < -0.3 is 4.90 Å². The van der Waals surface area contributed by atoms with Crippen molar-refractivity contribution in [1.29, 1.82) is 0 Å². The number of likely N-dealkylation sites (tertiary alicyclic amines) is 1. The van der Waals surface area contributed by atoms with Gasteiger partial charge in [0.05, 0.1) is 16.1 Å². The summed E-state index contributed by atoms with van der Waals surface area (Å²) in [5.74, 6) is 0.512. The molecule has 0 bridgehead atoms. The second-order valence-corrected chi connectivity index (χ2v) is 8.21. The summed E-state index contributed by atoms with van der Waals surface area (Å²) in [5.41, 5.74) is 0.430. The van der Waals surface area contributed by atoms with Crippen molar-refractivity contribution in [3.05, 3.63) is 71.3 Å². The van der Waals surface area contributed by atoms with E-state index in [1.165, 1.54) is 6.07 Å². The molecular weight excluding hydrogens is 417 g/mol. The van der Waals surface area contributed by atoms with Crippen molar-refractivity contribution in [1.82, 2.24) is 24.8 Å². The van der Waals surface area contributed by atoms with Gasteiger partial charge in [0.25, 0.3) is 5.91 Å². The number of piperidine rings is 1. The monoisotopic (exact) mass is 439 g/mol. The number of nitrogens with zero attached hydrogens (tertiary/aromatic N) is 5. The maximum atomic E-state index is 14.8. The third kappa shape index (κ3) is 4.71. The molecule has 0 radical (unpaired) electrons. The Hall–Kier alpha value is -2.93. The number of aromatic nitrogens is 4. The normalized spacial score (nSPS) is 18.7. The molecule has 1 aromatic carbocycles. The number of carbonyl (C=O) groups is 1. The SMILES string of the molecule is C[C@@H]1CCCN(C(=O)c2cccc(F)c2-c2ncccn2)[C@@H]1CCc1ncc(Cl)cn1. The van der Waals surface area contributed by atoms with Gasteiger partial charge in [-0.2, -0.15) is 0 Å². The van der Waals surface area contributed by atoms with Crippen molar-refractivity contribution < 1.29 is 9.18 Å². The molecule has 1 aliphatic rings. The highest BCUT2D eigenvalue weighted by Gasteiger charge is 2.34. The summed E-state index contributed by atoms with van der Waals surface area (Å²) < 4.78 is 14.8. The van der Waals surface area contributed by atoms with E-state index in [0.29, 0.717) is 29.7 Å². The Kier molecular flexibility index (Phi) is 6.51. The molecule has 160 valence electrons. The molecule has 8 heteroatoms.